The molecular formula is C17H29N3O. The first-order valence-electron chi connectivity index (χ1n) is 7.77. The molecule has 0 atom stereocenters. The van der Waals surface area contributed by atoms with Gasteiger partial charge in [0.1, 0.15) is 0 Å². The average molecular weight is 291 g/mol. The number of aryl methyl sites for hydroxylation is 1. The monoisotopic (exact) mass is 291 g/mol. The van der Waals surface area contributed by atoms with Gasteiger partial charge in [-0.15, -0.1) is 0 Å². The topological polar surface area (TPSA) is 58.4 Å². The maximum absolute atomic E-state index is 11.9. The second-order valence-electron chi connectivity index (χ2n) is 5.97. The van der Waals surface area contributed by atoms with E-state index < -0.39 is 0 Å². The highest BCUT2D eigenvalue weighted by molar-refractivity contribution is 5.76. The first-order valence-corrected chi connectivity index (χ1v) is 7.77. The van der Waals surface area contributed by atoms with Crippen molar-refractivity contribution in [2.75, 3.05) is 18.8 Å². The van der Waals surface area contributed by atoms with Crippen LogP contribution in [0.25, 0.3) is 0 Å². The number of anilines is 1. The van der Waals surface area contributed by atoms with Crippen molar-refractivity contribution in [3.63, 3.8) is 0 Å². The summed E-state index contributed by atoms with van der Waals surface area (Å²) in [6, 6.07) is 8.69. The maximum Gasteiger partial charge on any atom is 0.220 e. The summed E-state index contributed by atoms with van der Waals surface area (Å²) >= 11 is 0. The van der Waals surface area contributed by atoms with Crippen LogP contribution in [-0.4, -0.2) is 36.0 Å². The lowest BCUT2D eigenvalue weighted by Crippen LogP contribution is -2.42. The molecule has 1 amide bonds. The Balaban J connectivity index is 2.30. The molecule has 0 radical (unpaired) electrons. The average Bonchev–Trinajstić information content (AvgIpc) is 2.41. The minimum Gasteiger partial charge on any atom is -0.399 e. The Hall–Kier alpha value is -1.55. The second kappa shape index (κ2) is 8.67. The van der Waals surface area contributed by atoms with E-state index in [1.165, 1.54) is 0 Å². The van der Waals surface area contributed by atoms with Crippen molar-refractivity contribution in [1.29, 1.82) is 0 Å². The summed E-state index contributed by atoms with van der Waals surface area (Å²) in [7, 11) is 0. The van der Waals surface area contributed by atoms with Crippen molar-refractivity contribution < 1.29 is 4.79 Å². The third-order valence-electron chi connectivity index (χ3n) is 3.70. The molecule has 0 unspecified atom stereocenters. The molecule has 0 heterocycles. The van der Waals surface area contributed by atoms with E-state index in [-0.39, 0.29) is 5.91 Å². The zero-order valence-electron chi connectivity index (χ0n) is 13.7. The van der Waals surface area contributed by atoms with Crippen LogP contribution in [0, 0.1) is 0 Å². The quantitative estimate of drug-likeness (QED) is 0.723. The molecule has 3 N–H and O–H groups in total. The number of nitrogens with two attached hydrogens (primary N) is 1. The Morgan fingerprint density at radius 3 is 2.38 bits per heavy atom. The molecule has 4 nitrogen and oxygen atoms in total. The molecule has 118 valence electrons. The summed E-state index contributed by atoms with van der Waals surface area (Å²) in [6.07, 6.45) is 1.17. The lowest BCUT2D eigenvalue weighted by atomic mass is 10.1. The van der Waals surface area contributed by atoms with Gasteiger partial charge in [0.2, 0.25) is 5.91 Å². The van der Waals surface area contributed by atoms with Crippen molar-refractivity contribution in [2.45, 2.75) is 52.6 Å². The van der Waals surface area contributed by atoms with Gasteiger partial charge < -0.3 is 11.1 Å². The molecular weight excluding hydrogens is 262 g/mol. The summed E-state index contributed by atoms with van der Waals surface area (Å²) in [6.45, 7) is 10.3. The van der Waals surface area contributed by atoms with E-state index in [0.29, 0.717) is 31.5 Å². The largest absolute Gasteiger partial charge is 0.399 e. The number of hydrogen-bond donors (Lipinski definition) is 2. The summed E-state index contributed by atoms with van der Waals surface area (Å²) in [4.78, 5) is 14.2. The lowest BCUT2D eigenvalue weighted by molar-refractivity contribution is -0.121. The van der Waals surface area contributed by atoms with E-state index in [4.69, 9.17) is 5.73 Å². The molecule has 0 spiro atoms. The molecule has 1 rings (SSSR count). The Labute approximate surface area is 128 Å². The van der Waals surface area contributed by atoms with Crippen molar-refractivity contribution in [2.24, 2.45) is 0 Å². The Kier molecular flexibility index (Phi) is 7.23. The van der Waals surface area contributed by atoms with E-state index in [0.717, 1.165) is 17.8 Å². The van der Waals surface area contributed by atoms with Crippen LogP contribution >= 0.6 is 0 Å². The SMILES string of the molecule is CC(C)N(CCNC(=O)CCc1ccccc1N)C(C)C. The highest BCUT2D eigenvalue weighted by Crippen LogP contribution is 2.12. The Bertz CT molecular complexity index is 435. The third-order valence-corrected chi connectivity index (χ3v) is 3.70. The van der Waals surface area contributed by atoms with Gasteiger partial charge in [-0.1, -0.05) is 18.2 Å². The number of carbonyl (C=O) groups excluding carboxylic acids is 1. The normalized spacial score (nSPS) is 11.4. The first-order chi connectivity index (χ1) is 9.91. The number of rotatable bonds is 8. The van der Waals surface area contributed by atoms with Crippen LogP contribution < -0.4 is 11.1 Å². The van der Waals surface area contributed by atoms with E-state index in [1.54, 1.807) is 0 Å². The summed E-state index contributed by atoms with van der Waals surface area (Å²) in [5.74, 6) is 0.0886. The molecule has 0 aliphatic rings. The number of para-hydroxylation sites is 1. The highest BCUT2D eigenvalue weighted by atomic mass is 16.1. The number of carbonyl (C=O) groups is 1. The van der Waals surface area contributed by atoms with Gasteiger partial charge in [-0.2, -0.15) is 0 Å². The van der Waals surface area contributed by atoms with Crippen molar-refractivity contribution in [1.82, 2.24) is 10.2 Å². The molecule has 0 bridgehead atoms. The van der Waals surface area contributed by atoms with Gasteiger partial charge in [0.25, 0.3) is 0 Å². The van der Waals surface area contributed by atoms with Crippen LogP contribution in [0.1, 0.15) is 39.7 Å². The van der Waals surface area contributed by atoms with E-state index in [2.05, 4.69) is 37.9 Å². The van der Waals surface area contributed by atoms with Gasteiger partial charge in [0, 0.05) is 37.3 Å². The number of benzene rings is 1. The minimum absolute atomic E-state index is 0.0886. The van der Waals surface area contributed by atoms with Crippen LogP contribution in [0.4, 0.5) is 5.69 Å². The third kappa shape index (κ3) is 6.17. The van der Waals surface area contributed by atoms with E-state index in [1.807, 2.05) is 24.3 Å². The molecule has 0 fully saturated rings. The lowest BCUT2D eigenvalue weighted by Gasteiger charge is -2.30. The predicted octanol–water partition coefficient (Wildman–Crippen LogP) is 2.44. The summed E-state index contributed by atoms with van der Waals surface area (Å²) in [5, 5.41) is 2.99. The number of hydrogen-bond acceptors (Lipinski definition) is 3. The van der Waals surface area contributed by atoms with Crippen LogP contribution in [0.5, 0.6) is 0 Å². The zero-order valence-corrected chi connectivity index (χ0v) is 13.7. The van der Waals surface area contributed by atoms with Crippen LogP contribution in [-0.2, 0) is 11.2 Å². The molecule has 0 aliphatic heterocycles. The predicted molar refractivity (Wildman–Crippen MR) is 89.2 cm³/mol. The Morgan fingerprint density at radius 1 is 1.19 bits per heavy atom. The fourth-order valence-corrected chi connectivity index (χ4v) is 2.54. The van der Waals surface area contributed by atoms with Crippen LogP contribution in [0.3, 0.4) is 0 Å². The number of amides is 1. The van der Waals surface area contributed by atoms with Crippen LogP contribution in [0.2, 0.25) is 0 Å². The molecule has 0 saturated carbocycles. The fraction of sp³-hybridized carbons (Fsp3) is 0.588. The van der Waals surface area contributed by atoms with Crippen molar-refractivity contribution in [3.05, 3.63) is 29.8 Å². The molecule has 0 aromatic heterocycles. The Morgan fingerprint density at radius 2 is 1.81 bits per heavy atom. The van der Waals surface area contributed by atoms with Gasteiger partial charge in [-0.25, -0.2) is 0 Å². The van der Waals surface area contributed by atoms with E-state index >= 15 is 0 Å². The van der Waals surface area contributed by atoms with E-state index in [9.17, 15) is 4.79 Å². The fourth-order valence-electron chi connectivity index (χ4n) is 2.54. The smallest absolute Gasteiger partial charge is 0.220 e. The van der Waals surface area contributed by atoms with Crippen molar-refractivity contribution in [3.8, 4) is 0 Å². The minimum atomic E-state index is 0.0886. The number of nitrogens with zero attached hydrogens (tertiary/aromatic N) is 1. The molecule has 0 aliphatic carbocycles. The number of nitrogens with one attached hydrogen (secondary N) is 1. The zero-order chi connectivity index (χ0) is 15.8. The van der Waals surface area contributed by atoms with Gasteiger partial charge in [0.05, 0.1) is 0 Å². The summed E-state index contributed by atoms with van der Waals surface area (Å²) in [5.41, 5.74) is 7.68. The van der Waals surface area contributed by atoms with Crippen LogP contribution in [0.15, 0.2) is 24.3 Å². The second-order valence-corrected chi connectivity index (χ2v) is 5.97. The molecule has 4 heteroatoms. The molecule has 0 saturated heterocycles. The van der Waals surface area contributed by atoms with Gasteiger partial charge >= 0.3 is 0 Å². The molecule has 1 aromatic carbocycles. The van der Waals surface area contributed by atoms with Gasteiger partial charge in [-0.3, -0.25) is 9.69 Å². The summed E-state index contributed by atoms with van der Waals surface area (Å²) < 4.78 is 0. The van der Waals surface area contributed by atoms with Crippen molar-refractivity contribution >= 4 is 11.6 Å². The standard InChI is InChI=1S/C17H29N3O/c1-13(2)20(14(3)4)12-11-19-17(21)10-9-15-7-5-6-8-16(15)18/h5-8,13-14H,9-12,18H2,1-4H3,(H,19,21). The molecule has 21 heavy (non-hydrogen) atoms. The van der Waals surface area contributed by atoms with Gasteiger partial charge in [-0.05, 0) is 45.7 Å². The highest BCUT2D eigenvalue weighted by Gasteiger charge is 2.13. The first kappa shape index (κ1) is 17.5. The number of nitrogen functional groups attached to an aromatic ring is 1. The maximum atomic E-state index is 11.9. The molecule has 1 aromatic rings. The van der Waals surface area contributed by atoms with Gasteiger partial charge in [0.15, 0.2) is 0 Å².